The van der Waals surface area contributed by atoms with E-state index in [4.69, 9.17) is 4.74 Å². The Morgan fingerprint density at radius 3 is 2.88 bits per heavy atom. The van der Waals surface area contributed by atoms with E-state index in [1.165, 1.54) is 0 Å². The summed E-state index contributed by atoms with van der Waals surface area (Å²) < 4.78 is 4.81. The van der Waals surface area contributed by atoms with Crippen LogP contribution in [0.4, 0.5) is 0 Å². The molecule has 0 aromatic heterocycles. The van der Waals surface area contributed by atoms with Gasteiger partial charge in [-0.3, -0.25) is 0 Å². The quantitative estimate of drug-likeness (QED) is 0.311. The fourth-order valence-corrected chi connectivity index (χ4v) is 0.280. The molecule has 46 valence electrons. The average molecular weight is 114 g/mol. The molecule has 0 saturated heterocycles. The van der Waals surface area contributed by atoms with E-state index in [0.717, 1.165) is 6.29 Å². The molecule has 0 atom stereocenters. The van der Waals surface area contributed by atoms with Crippen molar-refractivity contribution >= 4 is 6.29 Å². The van der Waals surface area contributed by atoms with Crippen LogP contribution >= 0.6 is 0 Å². The molecule has 0 rings (SSSR count). The molecule has 0 amide bonds. The molecule has 0 aliphatic carbocycles. The topological polar surface area (TPSA) is 26.3 Å². The number of carbonyl (C=O) groups is 1. The normalized spacial score (nSPS) is 9.62. The van der Waals surface area contributed by atoms with Crippen LogP contribution in [0.1, 0.15) is 13.3 Å². The molecule has 0 N–H and O–H groups in total. The minimum absolute atomic E-state index is 0.477. The van der Waals surface area contributed by atoms with Crippen LogP contribution in [0.25, 0.3) is 0 Å². The van der Waals surface area contributed by atoms with Crippen LogP contribution in [-0.4, -0.2) is 12.9 Å². The third-order valence-corrected chi connectivity index (χ3v) is 0.586. The van der Waals surface area contributed by atoms with Gasteiger partial charge in [-0.15, -0.1) is 0 Å². The molecule has 2 nitrogen and oxygen atoms in total. The Hall–Kier alpha value is -0.790. The lowest BCUT2D eigenvalue weighted by Crippen LogP contribution is -1.86. The molecule has 0 saturated carbocycles. The predicted molar refractivity (Wildman–Crippen MR) is 31.4 cm³/mol. The summed E-state index contributed by atoms with van der Waals surface area (Å²) in [6.45, 7) is 2.36. The lowest BCUT2D eigenvalue weighted by atomic mass is 10.5. The first-order valence-electron chi connectivity index (χ1n) is 2.58. The Labute approximate surface area is 49.1 Å². The second kappa shape index (κ2) is 6.21. The first-order chi connectivity index (χ1) is 3.91. The smallest absolute Gasteiger partial charge is 0.123 e. The van der Waals surface area contributed by atoms with Crippen molar-refractivity contribution in [1.29, 1.82) is 0 Å². The molecular weight excluding hydrogens is 104 g/mol. The minimum atomic E-state index is 0.477. The number of aldehydes is 1. The lowest BCUT2D eigenvalue weighted by Gasteiger charge is -1.91. The van der Waals surface area contributed by atoms with E-state index in [0.29, 0.717) is 13.0 Å². The highest BCUT2D eigenvalue weighted by molar-refractivity contribution is 5.49. The van der Waals surface area contributed by atoms with Crippen LogP contribution in [0.5, 0.6) is 0 Å². The van der Waals surface area contributed by atoms with Crippen molar-refractivity contribution in [1.82, 2.24) is 0 Å². The fraction of sp³-hybridized carbons (Fsp3) is 0.500. The number of rotatable bonds is 4. The van der Waals surface area contributed by atoms with Crippen LogP contribution in [0.15, 0.2) is 12.3 Å². The first-order valence-corrected chi connectivity index (χ1v) is 2.58. The largest absolute Gasteiger partial charge is 0.501 e. The molecule has 0 fully saturated rings. The van der Waals surface area contributed by atoms with Gasteiger partial charge < -0.3 is 9.53 Å². The summed E-state index contributed by atoms with van der Waals surface area (Å²) in [5.41, 5.74) is 0. The van der Waals surface area contributed by atoms with Gasteiger partial charge in [-0.05, 0) is 6.92 Å². The first kappa shape index (κ1) is 7.21. The second-order valence-corrected chi connectivity index (χ2v) is 1.30. The SMILES string of the molecule is CC=COCCC=O. The van der Waals surface area contributed by atoms with Gasteiger partial charge in [-0.1, -0.05) is 6.08 Å². The van der Waals surface area contributed by atoms with Gasteiger partial charge in [0.1, 0.15) is 6.29 Å². The predicted octanol–water partition coefficient (Wildman–Crippen LogP) is 1.13. The second-order valence-electron chi connectivity index (χ2n) is 1.30. The van der Waals surface area contributed by atoms with E-state index < -0.39 is 0 Å². The van der Waals surface area contributed by atoms with Crippen molar-refractivity contribution in [3.8, 4) is 0 Å². The summed E-state index contributed by atoms with van der Waals surface area (Å²) in [5.74, 6) is 0. The number of carbonyl (C=O) groups excluding carboxylic acids is 1. The fourth-order valence-electron chi connectivity index (χ4n) is 0.280. The Balaban J connectivity index is 2.82. The Bertz CT molecular complexity index is 76.6. The van der Waals surface area contributed by atoms with E-state index in [2.05, 4.69) is 0 Å². The van der Waals surface area contributed by atoms with E-state index >= 15 is 0 Å². The van der Waals surface area contributed by atoms with Crippen molar-refractivity contribution in [2.24, 2.45) is 0 Å². The number of hydrogen-bond donors (Lipinski definition) is 0. The zero-order valence-corrected chi connectivity index (χ0v) is 4.96. The van der Waals surface area contributed by atoms with Crippen molar-refractivity contribution in [2.45, 2.75) is 13.3 Å². The van der Waals surface area contributed by atoms with Crippen LogP contribution in [-0.2, 0) is 9.53 Å². The van der Waals surface area contributed by atoms with Gasteiger partial charge in [-0.2, -0.15) is 0 Å². The Morgan fingerprint density at radius 1 is 1.62 bits per heavy atom. The van der Waals surface area contributed by atoms with Crippen LogP contribution < -0.4 is 0 Å². The highest BCUT2D eigenvalue weighted by Crippen LogP contribution is 1.78. The summed E-state index contributed by atoms with van der Waals surface area (Å²) >= 11 is 0. The molecule has 0 radical (unpaired) electrons. The average Bonchev–Trinajstić information content (AvgIpc) is 1.81. The maximum atomic E-state index is 9.66. The van der Waals surface area contributed by atoms with Gasteiger partial charge in [0.2, 0.25) is 0 Å². The molecule has 2 heteroatoms. The maximum Gasteiger partial charge on any atom is 0.123 e. The molecule has 0 unspecified atom stereocenters. The molecule has 0 aromatic rings. The zero-order valence-electron chi connectivity index (χ0n) is 4.96. The van der Waals surface area contributed by atoms with Crippen molar-refractivity contribution < 1.29 is 9.53 Å². The highest BCUT2D eigenvalue weighted by atomic mass is 16.5. The van der Waals surface area contributed by atoms with E-state index in [1.54, 1.807) is 12.3 Å². The van der Waals surface area contributed by atoms with Gasteiger partial charge >= 0.3 is 0 Å². The summed E-state index contributed by atoms with van der Waals surface area (Å²) in [6, 6.07) is 0. The van der Waals surface area contributed by atoms with Gasteiger partial charge in [0, 0.05) is 6.42 Å². The Morgan fingerprint density at radius 2 is 2.38 bits per heavy atom. The van der Waals surface area contributed by atoms with Crippen molar-refractivity contribution in [3.05, 3.63) is 12.3 Å². The summed E-state index contributed by atoms with van der Waals surface area (Å²) in [5, 5.41) is 0. The van der Waals surface area contributed by atoms with Crippen LogP contribution in [0.3, 0.4) is 0 Å². The third-order valence-electron chi connectivity index (χ3n) is 0.586. The zero-order chi connectivity index (χ0) is 6.24. The van der Waals surface area contributed by atoms with Crippen molar-refractivity contribution in [2.75, 3.05) is 6.61 Å². The van der Waals surface area contributed by atoms with Crippen LogP contribution in [0, 0.1) is 0 Å². The van der Waals surface area contributed by atoms with E-state index in [1.807, 2.05) is 6.92 Å². The Kier molecular flexibility index (Phi) is 5.60. The highest BCUT2D eigenvalue weighted by Gasteiger charge is 1.76. The van der Waals surface area contributed by atoms with Crippen molar-refractivity contribution in [3.63, 3.8) is 0 Å². The van der Waals surface area contributed by atoms with Gasteiger partial charge in [-0.25, -0.2) is 0 Å². The third kappa shape index (κ3) is 5.21. The summed E-state index contributed by atoms with van der Waals surface area (Å²) in [6.07, 6.45) is 4.67. The standard InChI is InChI=1S/C6H10O2/c1-2-5-8-6-3-4-7/h2,4-5H,3,6H2,1H3. The van der Waals surface area contributed by atoms with Gasteiger partial charge in [0.25, 0.3) is 0 Å². The molecule has 0 bridgehead atoms. The number of ether oxygens (including phenoxy) is 1. The van der Waals surface area contributed by atoms with E-state index in [-0.39, 0.29) is 0 Å². The molecule has 0 aliphatic heterocycles. The molecule has 0 aliphatic rings. The van der Waals surface area contributed by atoms with Crippen LogP contribution in [0.2, 0.25) is 0 Å². The molecule has 0 spiro atoms. The van der Waals surface area contributed by atoms with E-state index in [9.17, 15) is 4.79 Å². The minimum Gasteiger partial charge on any atom is -0.501 e. The molecule has 8 heavy (non-hydrogen) atoms. The molecule has 0 heterocycles. The number of allylic oxidation sites excluding steroid dienone is 1. The summed E-state index contributed by atoms with van der Waals surface area (Å²) in [4.78, 5) is 9.66. The summed E-state index contributed by atoms with van der Waals surface area (Å²) in [7, 11) is 0. The maximum absolute atomic E-state index is 9.66. The van der Waals surface area contributed by atoms with Gasteiger partial charge in [0.15, 0.2) is 0 Å². The molecule has 0 aromatic carbocycles. The molecular formula is C6H10O2. The monoisotopic (exact) mass is 114 g/mol. The van der Waals surface area contributed by atoms with Gasteiger partial charge in [0.05, 0.1) is 12.9 Å². The number of hydrogen-bond acceptors (Lipinski definition) is 2. The lowest BCUT2D eigenvalue weighted by molar-refractivity contribution is -0.108.